The van der Waals surface area contributed by atoms with Crippen LogP contribution in [-0.2, 0) is 7.05 Å². The van der Waals surface area contributed by atoms with Crippen LogP contribution in [-0.4, -0.2) is 33.6 Å². The molecule has 0 aliphatic carbocycles. The molecule has 0 aliphatic rings. The zero-order chi connectivity index (χ0) is 12.3. The minimum atomic E-state index is 0.259. The normalized spacial score (nSPS) is 14.1. The molecule has 0 aromatic carbocycles. The van der Waals surface area contributed by atoms with Crippen molar-refractivity contribution in [3.63, 3.8) is 0 Å². The van der Waals surface area contributed by atoms with Crippen LogP contribution in [0.15, 0.2) is 5.16 Å². The number of rotatable bonds is 4. The Kier molecular flexibility index (Phi) is 4.38. The number of thioether (sulfide) groups is 1. The average molecular weight is 242 g/mol. The van der Waals surface area contributed by atoms with E-state index in [1.807, 2.05) is 25.6 Å². The molecule has 1 heterocycles. The van der Waals surface area contributed by atoms with Crippen LogP contribution in [0.2, 0.25) is 0 Å². The smallest absolute Gasteiger partial charge is 0.190 e. The van der Waals surface area contributed by atoms with Crippen molar-refractivity contribution in [3.8, 4) is 0 Å². The molecule has 16 heavy (non-hydrogen) atoms. The van der Waals surface area contributed by atoms with E-state index in [2.05, 4.69) is 36.3 Å². The van der Waals surface area contributed by atoms with Crippen molar-refractivity contribution in [1.82, 2.24) is 20.1 Å². The van der Waals surface area contributed by atoms with Crippen molar-refractivity contribution in [1.29, 1.82) is 0 Å². The summed E-state index contributed by atoms with van der Waals surface area (Å²) in [7, 11) is 4.02. The van der Waals surface area contributed by atoms with Gasteiger partial charge in [0.2, 0.25) is 0 Å². The van der Waals surface area contributed by atoms with Gasteiger partial charge in [0.25, 0.3) is 0 Å². The van der Waals surface area contributed by atoms with Gasteiger partial charge in [-0.25, -0.2) is 0 Å². The fraction of sp³-hybridized carbons (Fsp3) is 0.818. The van der Waals surface area contributed by atoms with Crippen LogP contribution in [0.5, 0.6) is 0 Å². The minimum absolute atomic E-state index is 0.259. The van der Waals surface area contributed by atoms with E-state index in [4.69, 9.17) is 0 Å². The molecule has 92 valence electrons. The lowest BCUT2D eigenvalue weighted by Crippen LogP contribution is -2.40. The van der Waals surface area contributed by atoms with Crippen LogP contribution < -0.4 is 5.32 Å². The summed E-state index contributed by atoms with van der Waals surface area (Å²) in [6.45, 7) is 8.71. The Hall–Kier alpha value is -0.550. The molecule has 1 rings (SSSR count). The van der Waals surface area contributed by atoms with Crippen LogP contribution in [0.1, 0.15) is 26.6 Å². The molecule has 0 aliphatic heterocycles. The largest absolute Gasteiger partial charge is 0.316 e. The second kappa shape index (κ2) is 5.19. The van der Waals surface area contributed by atoms with E-state index in [0.29, 0.717) is 6.04 Å². The number of aromatic nitrogens is 3. The first kappa shape index (κ1) is 13.5. The Balaban J connectivity index is 2.60. The van der Waals surface area contributed by atoms with Gasteiger partial charge in [-0.1, -0.05) is 32.5 Å². The summed E-state index contributed by atoms with van der Waals surface area (Å²) >= 11 is 1.75. The highest BCUT2D eigenvalue weighted by molar-refractivity contribution is 7.99. The van der Waals surface area contributed by atoms with Gasteiger partial charge in [-0.15, -0.1) is 10.2 Å². The monoisotopic (exact) mass is 242 g/mol. The summed E-state index contributed by atoms with van der Waals surface area (Å²) in [5.41, 5.74) is 0.259. The lowest BCUT2D eigenvalue weighted by Gasteiger charge is -2.29. The maximum atomic E-state index is 4.15. The predicted molar refractivity (Wildman–Crippen MR) is 68.8 cm³/mol. The molecule has 0 spiro atoms. The second-order valence-corrected chi connectivity index (χ2v) is 6.09. The van der Waals surface area contributed by atoms with Crippen LogP contribution >= 0.6 is 11.8 Å². The van der Waals surface area contributed by atoms with Gasteiger partial charge in [-0.05, 0) is 19.4 Å². The van der Waals surface area contributed by atoms with E-state index in [0.717, 1.165) is 16.7 Å². The molecule has 1 aromatic rings. The van der Waals surface area contributed by atoms with Gasteiger partial charge < -0.3 is 9.88 Å². The van der Waals surface area contributed by atoms with Crippen LogP contribution in [0.4, 0.5) is 0 Å². The Bertz CT molecular complexity index is 340. The predicted octanol–water partition coefficient (Wildman–Crippen LogP) is 1.85. The molecule has 1 N–H and O–H groups in total. The number of hydrogen-bond donors (Lipinski definition) is 1. The van der Waals surface area contributed by atoms with Crippen molar-refractivity contribution in [2.24, 2.45) is 12.5 Å². The van der Waals surface area contributed by atoms with Crippen molar-refractivity contribution in [2.75, 3.05) is 12.8 Å². The van der Waals surface area contributed by atoms with Crippen molar-refractivity contribution in [3.05, 3.63) is 5.82 Å². The SMILES string of the molecule is CNC(CSc1nnc(C)n1C)C(C)(C)C. The summed E-state index contributed by atoms with van der Waals surface area (Å²) in [6, 6.07) is 0.467. The van der Waals surface area contributed by atoms with Gasteiger partial charge in [-0.3, -0.25) is 0 Å². The molecule has 1 aromatic heterocycles. The molecular formula is C11H22N4S. The standard InChI is InChI=1S/C11H22N4S/c1-8-13-14-10(15(8)6)16-7-9(12-5)11(2,3)4/h9,12H,7H2,1-6H3. The van der Waals surface area contributed by atoms with E-state index in [1.54, 1.807) is 11.8 Å². The van der Waals surface area contributed by atoms with Gasteiger partial charge in [0, 0.05) is 18.8 Å². The molecule has 0 radical (unpaired) electrons. The van der Waals surface area contributed by atoms with Gasteiger partial charge in [0.15, 0.2) is 5.16 Å². The van der Waals surface area contributed by atoms with Gasteiger partial charge in [0.1, 0.15) is 5.82 Å². The summed E-state index contributed by atoms with van der Waals surface area (Å²) in [5, 5.41) is 12.6. The van der Waals surface area contributed by atoms with Crippen LogP contribution in [0.25, 0.3) is 0 Å². The summed E-state index contributed by atoms with van der Waals surface area (Å²) < 4.78 is 2.03. The molecule has 1 unspecified atom stereocenters. The molecule has 0 fully saturated rings. The molecular weight excluding hydrogens is 220 g/mol. The first-order valence-electron chi connectivity index (χ1n) is 5.52. The van der Waals surface area contributed by atoms with Gasteiger partial charge >= 0.3 is 0 Å². The quantitative estimate of drug-likeness (QED) is 0.818. The first-order chi connectivity index (χ1) is 7.36. The molecule has 4 nitrogen and oxygen atoms in total. The molecule has 0 saturated carbocycles. The zero-order valence-electron chi connectivity index (χ0n) is 11.0. The highest BCUT2D eigenvalue weighted by Crippen LogP contribution is 2.25. The zero-order valence-corrected chi connectivity index (χ0v) is 11.9. The average Bonchev–Trinajstić information content (AvgIpc) is 2.48. The maximum absolute atomic E-state index is 4.15. The second-order valence-electron chi connectivity index (χ2n) is 5.11. The fourth-order valence-corrected chi connectivity index (χ4v) is 2.84. The molecule has 0 bridgehead atoms. The third-order valence-electron chi connectivity index (χ3n) is 2.83. The summed E-state index contributed by atoms with van der Waals surface area (Å²) in [6.07, 6.45) is 0. The first-order valence-corrected chi connectivity index (χ1v) is 6.51. The Morgan fingerprint density at radius 3 is 2.38 bits per heavy atom. The van der Waals surface area contributed by atoms with Gasteiger partial charge in [-0.2, -0.15) is 0 Å². The Morgan fingerprint density at radius 1 is 1.38 bits per heavy atom. The highest BCUT2D eigenvalue weighted by Gasteiger charge is 2.23. The van der Waals surface area contributed by atoms with E-state index >= 15 is 0 Å². The number of nitrogens with zero attached hydrogens (tertiary/aromatic N) is 3. The molecule has 0 saturated heterocycles. The van der Waals surface area contributed by atoms with Crippen molar-refractivity contribution < 1.29 is 0 Å². The Morgan fingerprint density at radius 2 is 2.00 bits per heavy atom. The molecule has 0 amide bonds. The summed E-state index contributed by atoms with van der Waals surface area (Å²) in [4.78, 5) is 0. The third kappa shape index (κ3) is 3.22. The van der Waals surface area contributed by atoms with Gasteiger partial charge in [0.05, 0.1) is 0 Å². The van der Waals surface area contributed by atoms with E-state index in [-0.39, 0.29) is 5.41 Å². The minimum Gasteiger partial charge on any atom is -0.316 e. The molecule has 5 heteroatoms. The lowest BCUT2D eigenvalue weighted by atomic mass is 9.88. The Labute approximate surface area is 102 Å². The number of hydrogen-bond acceptors (Lipinski definition) is 4. The lowest BCUT2D eigenvalue weighted by molar-refractivity contribution is 0.305. The van der Waals surface area contributed by atoms with E-state index < -0.39 is 0 Å². The van der Waals surface area contributed by atoms with Crippen LogP contribution in [0, 0.1) is 12.3 Å². The summed E-state index contributed by atoms with van der Waals surface area (Å²) in [5.74, 6) is 1.96. The highest BCUT2D eigenvalue weighted by atomic mass is 32.2. The maximum Gasteiger partial charge on any atom is 0.190 e. The third-order valence-corrected chi connectivity index (χ3v) is 3.94. The van der Waals surface area contributed by atoms with E-state index in [9.17, 15) is 0 Å². The van der Waals surface area contributed by atoms with Crippen molar-refractivity contribution >= 4 is 11.8 Å². The fourth-order valence-electron chi connectivity index (χ4n) is 1.44. The topological polar surface area (TPSA) is 42.7 Å². The molecule has 1 atom stereocenters. The van der Waals surface area contributed by atoms with Crippen molar-refractivity contribution in [2.45, 2.75) is 38.9 Å². The number of aryl methyl sites for hydroxylation is 1. The van der Waals surface area contributed by atoms with Crippen LogP contribution in [0.3, 0.4) is 0 Å². The van der Waals surface area contributed by atoms with E-state index in [1.165, 1.54) is 0 Å². The number of nitrogens with one attached hydrogen (secondary N) is 1.